The van der Waals surface area contributed by atoms with Gasteiger partial charge in [0.15, 0.2) is 0 Å². The highest BCUT2D eigenvalue weighted by molar-refractivity contribution is 5.36. The third-order valence-electron chi connectivity index (χ3n) is 3.11. The lowest BCUT2D eigenvalue weighted by Crippen LogP contribution is -1.94. The van der Waals surface area contributed by atoms with E-state index in [1.165, 1.54) is 22.3 Å². The summed E-state index contributed by atoms with van der Waals surface area (Å²) in [5, 5.41) is 0. The standard InChI is InChI=1S/C16H22/c1-5-7-10-15(6-2)12-16-11-8-9-13(3)14(16)4/h5,7-11H,6,12H2,1-4H3. The monoisotopic (exact) mass is 214 g/mol. The van der Waals surface area contributed by atoms with E-state index in [1.54, 1.807) is 0 Å². The van der Waals surface area contributed by atoms with Crippen molar-refractivity contribution in [2.75, 3.05) is 0 Å². The summed E-state index contributed by atoms with van der Waals surface area (Å²) in [6.45, 7) is 8.68. The summed E-state index contributed by atoms with van der Waals surface area (Å²) < 4.78 is 0. The van der Waals surface area contributed by atoms with E-state index in [9.17, 15) is 0 Å². The molecule has 1 rings (SSSR count). The second-order valence-electron chi connectivity index (χ2n) is 4.24. The largest absolute Gasteiger partial charge is 0.0877 e. The van der Waals surface area contributed by atoms with E-state index < -0.39 is 0 Å². The number of rotatable bonds is 4. The van der Waals surface area contributed by atoms with E-state index in [4.69, 9.17) is 0 Å². The molecule has 0 heterocycles. The number of hydrogen-bond acceptors (Lipinski definition) is 0. The number of allylic oxidation sites excluding steroid dienone is 4. The minimum absolute atomic E-state index is 1.08. The van der Waals surface area contributed by atoms with Gasteiger partial charge in [0.1, 0.15) is 0 Å². The van der Waals surface area contributed by atoms with Crippen LogP contribution in [0.25, 0.3) is 0 Å². The first-order valence-electron chi connectivity index (χ1n) is 6.04. The molecule has 0 unspecified atom stereocenters. The van der Waals surface area contributed by atoms with Crippen molar-refractivity contribution in [3.05, 3.63) is 58.7 Å². The first kappa shape index (κ1) is 12.8. The Morgan fingerprint density at radius 3 is 2.62 bits per heavy atom. The van der Waals surface area contributed by atoms with Crippen LogP contribution in [-0.2, 0) is 6.42 Å². The van der Waals surface area contributed by atoms with E-state index >= 15 is 0 Å². The van der Waals surface area contributed by atoms with Crippen LogP contribution in [0, 0.1) is 13.8 Å². The van der Waals surface area contributed by atoms with Crippen molar-refractivity contribution in [3.63, 3.8) is 0 Å². The maximum absolute atomic E-state index is 2.24. The Morgan fingerprint density at radius 2 is 2.00 bits per heavy atom. The summed E-state index contributed by atoms with van der Waals surface area (Å²) in [4.78, 5) is 0. The first-order chi connectivity index (χ1) is 7.69. The molecular weight excluding hydrogens is 192 g/mol. The van der Waals surface area contributed by atoms with Crippen LogP contribution in [-0.4, -0.2) is 0 Å². The summed E-state index contributed by atoms with van der Waals surface area (Å²) in [5.41, 5.74) is 5.77. The Labute approximate surface area is 99.7 Å². The van der Waals surface area contributed by atoms with Crippen molar-refractivity contribution in [2.24, 2.45) is 0 Å². The van der Waals surface area contributed by atoms with Crippen molar-refractivity contribution < 1.29 is 0 Å². The van der Waals surface area contributed by atoms with Gasteiger partial charge in [0.25, 0.3) is 0 Å². The molecule has 0 fully saturated rings. The quantitative estimate of drug-likeness (QED) is 0.634. The lowest BCUT2D eigenvalue weighted by Gasteiger charge is -2.10. The van der Waals surface area contributed by atoms with Crippen LogP contribution in [0.15, 0.2) is 42.0 Å². The van der Waals surface area contributed by atoms with Crippen molar-refractivity contribution in [1.29, 1.82) is 0 Å². The second kappa shape index (κ2) is 6.32. The van der Waals surface area contributed by atoms with Crippen LogP contribution < -0.4 is 0 Å². The summed E-state index contributed by atoms with van der Waals surface area (Å²) in [7, 11) is 0. The van der Waals surface area contributed by atoms with Crippen molar-refractivity contribution in [1.82, 2.24) is 0 Å². The van der Waals surface area contributed by atoms with E-state index in [1.807, 2.05) is 0 Å². The molecule has 0 aliphatic carbocycles. The number of aryl methyl sites for hydroxylation is 1. The maximum atomic E-state index is 2.24. The van der Waals surface area contributed by atoms with Gasteiger partial charge in [-0.2, -0.15) is 0 Å². The number of benzene rings is 1. The lowest BCUT2D eigenvalue weighted by atomic mass is 9.96. The van der Waals surface area contributed by atoms with Crippen LogP contribution in [0.5, 0.6) is 0 Å². The molecule has 0 aliphatic rings. The van der Waals surface area contributed by atoms with E-state index in [2.05, 4.69) is 64.1 Å². The molecular formula is C16H22. The van der Waals surface area contributed by atoms with Crippen LogP contribution in [0.4, 0.5) is 0 Å². The normalized spacial score (nSPS) is 12.4. The molecule has 0 atom stereocenters. The average Bonchev–Trinajstić information content (AvgIpc) is 2.30. The predicted molar refractivity (Wildman–Crippen MR) is 72.8 cm³/mol. The van der Waals surface area contributed by atoms with Gasteiger partial charge in [0.05, 0.1) is 0 Å². The summed E-state index contributed by atoms with van der Waals surface area (Å²) in [6, 6.07) is 6.57. The topological polar surface area (TPSA) is 0 Å². The SMILES string of the molecule is CC=CC=C(CC)Cc1cccc(C)c1C. The van der Waals surface area contributed by atoms with Gasteiger partial charge in [-0.1, -0.05) is 48.9 Å². The Bertz CT molecular complexity index is 394. The average molecular weight is 214 g/mol. The molecule has 0 saturated carbocycles. The zero-order valence-corrected chi connectivity index (χ0v) is 10.9. The highest BCUT2D eigenvalue weighted by atomic mass is 14.1. The Kier molecular flexibility index (Phi) is 5.04. The van der Waals surface area contributed by atoms with Crippen molar-refractivity contribution >= 4 is 0 Å². The van der Waals surface area contributed by atoms with Crippen LogP contribution in [0.1, 0.15) is 37.0 Å². The van der Waals surface area contributed by atoms with Gasteiger partial charge in [-0.05, 0) is 50.3 Å². The Balaban J connectivity index is 2.90. The molecule has 0 bridgehead atoms. The molecule has 0 heteroatoms. The van der Waals surface area contributed by atoms with Gasteiger partial charge in [-0.15, -0.1) is 0 Å². The molecule has 0 N–H and O–H groups in total. The molecule has 0 saturated heterocycles. The predicted octanol–water partition coefficient (Wildman–Crippen LogP) is 4.76. The van der Waals surface area contributed by atoms with E-state index in [-0.39, 0.29) is 0 Å². The minimum Gasteiger partial charge on any atom is -0.0877 e. The fraction of sp³-hybridized carbons (Fsp3) is 0.375. The van der Waals surface area contributed by atoms with Crippen LogP contribution >= 0.6 is 0 Å². The highest BCUT2D eigenvalue weighted by Crippen LogP contribution is 2.18. The summed E-state index contributed by atoms with van der Waals surface area (Å²) in [6.07, 6.45) is 8.65. The van der Waals surface area contributed by atoms with Gasteiger partial charge < -0.3 is 0 Å². The van der Waals surface area contributed by atoms with Crippen LogP contribution in [0.2, 0.25) is 0 Å². The third kappa shape index (κ3) is 3.37. The molecule has 0 aliphatic heterocycles. The smallest absolute Gasteiger partial charge is 0.00614 e. The Morgan fingerprint density at radius 1 is 1.25 bits per heavy atom. The van der Waals surface area contributed by atoms with Gasteiger partial charge in [-0.3, -0.25) is 0 Å². The molecule has 1 aromatic rings. The zero-order chi connectivity index (χ0) is 12.0. The van der Waals surface area contributed by atoms with E-state index in [0.717, 1.165) is 12.8 Å². The molecule has 86 valence electrons. The first-order valence-corrected chi connectivity index (χ1v) is 6.04. The molecule has 0 amide bonds. The molecule has 0 radical (unpaired) electrons. The minimum atomic E-state index is 1.08. The van der Waals surface area contributed by atoms with Gasteiger partial charge in [0.2, 0.25) is 0 Å². The fourth-order valence-corrected chi connectivity index (χ4v) is 1.78. The zero-order valence-electron chi connectivity index (χ0n) is 10.9. The number of hydrogen-bond donors (Lipinski definition) is 0. The van der Waals surface area contributed by atoms with Crippen molar-refractivity contribution in [2.45, 2.75) is 40.5 Å². The Hall–Kier alpha value is -1.30. The van der Waals surface area contributed by atoms with E-state index in [0.29, 0.717) is 0 Å². The fourth-order valence-electron chi connectivity index (χ4n) is 1.78. The molecule has 0 spiro atoms. The third-order valence-corrected chi connectivity index (χ3v) is 3.11. The maximum Gasteiger partial charge on any atom is -0.00614 e. The molecule has 0 aromatic heterocycles. The lowest BCUT2D eigenvalue weighted by molar-refractivity contribution is 0.992. The van der Waals surface area contributed by atoms with Gasteiger partial charge >= 0.3 is 0 Å². The van der Waals surface area contributed by atoms with Gasteiger partial charge in [-0.25, -0.2) is 0 Å². The molecule has 1 aromatic carbocycles. The second-order valence-corrected chi connectivity index (χ2v) is 4.24. The summed E-state index contributed by atoms with van der Waals surface area (Å²) in [5.74, 6) is 0. The highest BCUT2D eigenvalue weighted by Gasteiger charge is 2.02. The van der Waals surface area contributed by atoms with Crippen molar-refractivity contribution in [3.8, 4) is 0 Å². The van der Waals surface area contributed by atoms with Gasteiger partial charge in [0, 0.05) is 0 Å². The molecule has 0 nitrogen and oxygen atoms in total. The summed E-state index contributed by atoms with van der Waals surface area (Å²) >= 11 is 0. The molecule has 16 heavy (non-hydrogen) atoms. The van der Waals surface area contributed by atoms with Crippen LogP contribution in [0.3, 0.4) is 0 Å².